The molecule has 5 heterocycles. The fourth-order valence-electron chi connectivity index (χ4n) is 8.71. The summed E-state index contributed by atoms with van der Waals surface area (Å²) >= 11 is 0. The maximum atomic E-state index is 6.67. The second-order valence-electron chi connectivity index (χ2n) is 16.0. The number of benzene rings is 5. The fraction of sp³-hybridized carbons (Fsp3) is 0.200. The molecule has 0 N–H and O–H groups in total. The van der Waals surface area contributed by atoms with E-state index in [4.69, 9.17) is 9.40 Å². The van der Waals surface area contributed by atoms with Crippen molar-refractivity contribution in [3.8, 4) is 22.5 Å². The van der Waals surface area contributed by atoms with Gasteiger partial charge in [-0.1, -0.05) is 99.9 Å². The number of furan rings is 1. The quantitative estimate of drug-likeness (QED) is 0.165. The largest absolute Gasteiger partial charge is 0.455 e. The SMILES string of the molecule is CC(C)(C)c1ccc2oc3c(cc4c5cc(-c6cc(CC7CCCC7)ccn6)[c-]cc5n5c6ccccc6c3c45)c2c1.[Ir].[c-]1ccccc1-c1ccccn1. The molecule has 1 radical (unpaired) electrons. The molecule has 1 aliphatic carbocycles. The van der Waals surface area contributed by atoms with Crippen molar-refractivity contribution in [2.75, 3.05) is 0 Å². The number of pyridine rings is 2. The van der Waals surface area contributed by atoms with Crippen molar-refractivity contribution in [1.82, 2.24) is 14.4 Å². The number of aromatic nitrogens is 3. The average Bonchev–Trinajstić information content (AvgIpc) is 4.00. The van der Waals surface area contributed by atoms with Crippen LogP contribution in [0.1, 0.15) is 57.6 Å². The molecule has 0 spiro atoms. The second-order valence-corrected chi connectivity index (χ2v) is 16.0. The molecule has 5 aromatic heterocycles. The van der Waals surface area contributed by atoms with Gasteiger partial charge in [0.15, 0.2) is 0 Å². The van der Waals surface area contributed by atoms with Gasteiger partial charge in [-0.25, -0.2) is 0 Å². The van der Waals surface area contributed by atoms with Crippen LogP contribution in [0.25, 0.3) is 82.5 Å². The van der Waals surface area contributed by atoms with Crippen LogP contribution in [0.15, 0.2) is 132 Å². The summed E-state index contributed by atoms with van der Waals surface area (Å²) in [5.41, 5.74) is 12.4. The Morgan fingerprint density at radius 2 is 1.51 bits per heavy atom. The van der Waals surface area contributed by atoms with Crippen molar-refractivity contribution >= 4 is 60.0 Å². The van der Waals surface area contributed by atoms with Gasteiger partial charge in [-0.3, -0.25) is 0 Å². The van der Waals surface area contributed by atoms with Crippen LogP contribution in [0.5, 0.6) is 0 Å². The van der Waals surface area contributed by atoms with E-state index in [1.807, 2.05) is 48.7 Å². The number of nitrogens with zero attached hydrogens (tertiary/aromatic N) is 3. The zero-order valence-electron chi connectivity index (χ0n) is 31.3. The van der Waals surface area contributed by atoms with Gasteiger partial charge in [0.2, 0.25) is 0 Å². The minimum Gasteiger partial charge on any atom is -0.455 e. The van der Waals surface area contributed by atoms with Crippen molar-refractivity contribution in [3.05, 3.63) is 151 Å². The van der Waals surface area contributed by atoms with E-state index in [1.54, 1.807) is 6.20 Å². The zero-order chi connectivity index (χ0) is 36.4. The van der Waals surface area contributed by atoms with E-state index in [2.05, 4.69) is 115 Å². The van der Waals surface area contributed by atoms with Gasteiger partial charge in [0.05, 0.1) is 10.9 Å². The van der Waals surface area contributed by atoms with E-state index in [-0.39, 0.29) is 25.5 Å². The first-order valence-corrected chi connectivity index (χ1v) is 19.2. The fourth-order valence-corrected chi connectivity index (χ4v) is 8.71. The predicted molar refractivity (Wildman–Crippen MR) is 223 cm³/mol. The first-order valence-electron chi connectivity index (χ1n) is 19.2. The summed E-state index contributed by atoms with van der Waals surface area (Å²) in [4.78, 5) is 9.03. The van der Waals surface area contributed by atoms with Gasteiger partial charge in [-0.2, -0.15) is 0 Å². The van der Waals surface area contributed by atoms with Gasteiger partial charge in [-0.05, 0) is 82.0 Å². The van der Waals surface area contributed by atoms with Crippen molar-refractivity contribution < 1.29 is 24.5 Å². The molecule has 0 bridgehead atoms. The monoisotopic (exact) mass is 892 g/mol. The Hall–Kier alpha value is -5.35. The number of hydrogen-bond acceptors (Lipinski definition) is 3. The van der Waals surface area contributed by atoms with Crippen LogP contribution in [0, 0.1) is 18.1 Å². The van der Waals surface area contributed by atoms with Crippen LogP contribution in [-0.4, -0.2) is 14.4 Å². The van der Waals surface area contributed by atoms with Crippen LogP contribution in [0.4, 0.5) is 0 Å². The van der Waals surface area contributed by atoms with Crippen LogP contribution in [-0.2, 0) is 31.9 Å². The van der Waals surface area contributed by atoms with E-state index in [9.17, 15) is 0 Å². The molecule has 1 saturated carbocycles. The predicted octanol–water partition coefficient (Wildman–Crippen LogP) is 13.2. The van der Waals surface area contributed by atoms with Crippen LogP contribution >= 0.6 is 0 Å². The second kappa shape index (κ2) is 14.1. The Labute approximate surface area is 334 Å². The van der Waals surface area contributed by atoms with E-state index in [1.165, 1.54) is 85.7 Å². The smallest absolute Gasteiger partial charge is 0.145 e. The summed E-state index contributed by atoms with van der Waals surface area (Å²) < 4.78 is 9.08. The van der Waals surface area contributed by atoms with E-state index < -0.39 is 0 Å². The molecule has 0 saturated heterocycles. The molecule has 0 aliphatic heterocycles. The molecule has 5 aromatic carbocycles. The van der Waals surface area contributed by atoms with Crippen LogP contribution < -0.4 is 0 Å². The Morgan fingerprint density at radius 1 is 0.691 bits per heavy atom. The van der Waals surface area contributed by atoms with Gasteiger partial charge in [0.1, 0.15) is 11.2 Å². The summed E-state index contributed by atoms with van der Waals surface area (Å²) in [5.74, 6) is 0.812. The van der Waals surface area contributed by atoms with Crippen LogP contribution in [0.3, 0.4) is 0 Å². The number of para-hydroxylation sites is 1. The molecule has 0 unspecified atom stereocenters. The number of fused-ring (bicyclic) bond motifs is 10. The number of rotatable bonds is 4. The van der Waals surface area contributed by atoms with E-state index >= 15 is 0 Å². The molecule has 0 amide bonds. The standard InChI is InChI=1S/C39H33N2O.C11H8N.Ir/c1-39(2,3)26-13-15-35-29(21-26)31-22-30-28-20-25(32-19-24(16-17-40-32)18-23-8-4-5-9-23)12-14-34(28)41-33-11-7-6-10-27(33)36(37(30)41)38(31)42-35;1-2-6-10(7-3-1)11-8-4-5-9-12-11;/h6-7,10-11,13-17,19-23H,4-5,8-9,18H2,1-3H3;1-6,8-9H;/q2*-1;. The van der Waals surface area contributed by atoms with Crippen molar-refractivity contribution in [1.29, 1.82) is 0 Å². The third-order valence-corrected chi connectivity index (χ3v) is 11.4. The third-order valence-electron chi connectivity index (χ3n) is 11.4. The van der Waals surface area contributed by atoms with Gasteiger partial charge >= 0.3 is 0 Å². The van der Waals surface area contributed by atoms with Crippen molar-refractivity contribution in [2.45, 2.75) is 58.3 Å². The Bertz CT molecular complexity index is 2910. The summed E-state index contributed by atoms with van der Waals surface area (Å²) in [6.45, 7) is 6.81. The van der Waals surface area contributed by atoms with Gasteiger partial charge in [0, 0.05) is 54.2 Å². The minimum atomic E-state index is 0. The summed E-state index contributed by atoms with van der Waals surface area (Å²) in [6, 6.07) is 47.2. The van der Waals surface area contributed by atoms with Crippen molar-refractivity contribution in [2.24, 2.45) is 5.92 Å². The molecular formula is C50H41IrN3O-2. The molecule has 0 atom stereocenters. The molecular weight excluding hydrogens is 851 g/mol. The molecule has 5 heteroatoms. The molecule has 11 rings (SSSR count). The van der Waals surface area contributed by atoms with Crippen molar-refractivity contribution in [3.63, 3.8) is 0 Å². The van der Waals surface area contributed by atoms with Crippen LogP contribution in [0.2, 0.25) is 0 Å². The Kier molecular flexibility index (Phi) is 9.04. The maximum Gasteiger partial charge on any atom is 0.145 e. The zero-order valence-corrected chi connectivity index (χ0v) is 33.7. The minimum absolute atomic E-state index is 0. The van der Waals surface area contributed by atoms with Gasteiger partial charge in [0.25, 0.3) is 0 Å². The van der Waals surface area contributed by atoms with E-state index in [0.717, 1.165) is 46.0 Å². The normalized spacial score (nSPS) is 13.7. The molecule has 273 valence electrons. The first-order chi connectivity index (χ1) is 26.4. The first kappa shape index (κ1) is 35.4. The van der Waals surface area contributed by atoms with Gasteiger partial charge < -0.3 is 18.8 Å². The molecule has 1 fully saturated rings. The Morgan fingerprint density at radius 3 is 2.31 bits per heavy atom. The number of hydrogen-bond donors (Lipinski definition) is 0. The molecule has 1 aliphatic rings. The summed E-state index contributed by atoms with van der Waals surface area (Å²) in [5, 5.41) is 7.28. The third kappa shape index (κ3) is 6.20. The summed E-state index contributed by atoms with van der Waals surface area (Å²) in [7, 11) is 0. The molecule has 55 heavy (non-hydrogen) atoms. The van der Waals surface area contributed by atoms with Gasteiger partial charge in [-0.15, -0.1) is 59.7 Å². The maximum absolute atomic E-state index is 6.67. The molecule has 10 aromatic rings. The Balaban J connectivity index is 0.000000261. The molecule has 4 nitrogen and oxygen atoms in total. The van der Waals surface area contributed by atoms with E-state index in [0.29, 0.717) is 0 Å². The summed E-state index contributed by atoms with van der Waals surface area (Å²) in [6.07, 6.45) is 10.4. The topological polar surface area (TPSA) is 43.3 Å². The average molecular weight is 892 g/mol.